The predicted molar refractivity (Wildman–Crippen MR) is 81.7 cm³/mol. The van der Waals surface area contributed by atoms with Crippen LogP contribution in [0.25, 0.3) is 0 Å². The molecular weight excluding hydrogens is 232 g/mol. The summed E-state index contributed by atoms with van der Waals surface area (Å²) >= 11 is 0. The van der Waals surface area contributed by atoms with Gasteiger partial charge in [0.25, 0.3) is 0 Å². The molecule has 2 nitrogen and oxygen atoms in total. The van der Waals surface area contributed by atoms with Crippen LogP contribution in [0.5, 0.6) is 0 Å². The second-order valence-corrected chi connectivity index (χ2v) is 7.09. The van der Waals surface area contributed by atoms with Gasteiger partial charge < -0.3 is 0 Å². The van der Waals surface area contributed by atoms with E-state index in [1.165, 1.54) is 30.4 Å². The molecule has 3 atom stereocenters. The van der Waals surface area contributed by atoms with E-state index in [1.54, 1.807) is 0 Å². The van der Waals surface area contributed by atoms with Crippen molar-refractivity contribution in [3.8, 4) is 0 Å². The maximum Gasteiger partial charge on any atom is 0.0490 e. The molecule has 106 valence electrons. The minimum Gasteiger partial charge on any atom is -0.271 e. The van der Waals surface area contributed by atoms with Crippen LogP contribution in [0.2, 0.25) is 0 Å². The fourth-order valence-corrected chi connectivity index (χ4v) is 3.33. The number of hydrogen-bond acceptors (Lipinski definition) is 2. The van der Waals surface area contributed by atoms with E-state index in [1.807, 2.05) is 0 Å². The molecular formula is C17H28N2. The van der Waals surface area contributed by atoms with Gasteiger partial charge in [0, 0.05) is 6.04 Å². The molecule has 0 saturated heterocycles. The van der Waals surface area contributed by atoms with Crippen LogP contribution in [0.4, 0.5) is 0 Å². The summed E-state index contributed by atoms with van der Waals surface area (Å²) in [6.45, 7) is 9.10. The molecule has 3 N–H and O–H groups in total. The fourth-order valence-electron chi connectivity index (χ4n) is 3.33. The van der Waals surface area contributed by atoms with Gasteiger partial charge in [-0.25, -0.2) is 0 Å². The van der Waals surface area contributed by atoms with Gasteiger partial charge in [-0.15, -0.1) is 0 Å². The van der Waals surface area contributed by atoms with Crippen molar-refractivity contribution in [2.45, 2.75) is 58.4 Å². The summed E-state index contributed by atoms with van der Waals surface area (Å²) in [6.07, 6.45) is 3.96. The minimum absolute atomic E-state index is 0.213. The van der Waals surface area contributed by atoms with Gasteiger partial charge in [0.05, 0.1) is 0 Å². The van der Waals surface area contributed by atoms with Gasteiger partial charge >= 0.3 is 0 Å². The lowest BCUT2D eigenvalue weighted by Crippen LogP contribution is -2.34. The molecule has 0 aliphatic heterocycles. The first-order valence-corrected chi connectivity index (χ1v) is 7.50. The van der Waals surface area contributed by atoms with E-state index in [2.05, 4.69) is 57.4 Å². The summed E-state index contributed by atoms with van der Waals surface area (Å²) in [4.78, 5) is 0. The average molecular weight is 260 g/mol. The van der Waals surface area contributed by atoms with Crippen molar-refractivity contribution in [3.05, 3.63) is 35.4 Å². The number of benzene rings is 1. The standard InChI is InChI=1S/C17H28N2/c1-12-6-5-7-15(12)16(19-18)13-8-10-14(11-9-13)17(2,3)4/h8-12,15-16,19H,5-7,18H2,1-4H3. The lowest BCUT2D eigenvalue weighted by molar-refractivity contribution is 0.304. The molecule has 1 aliphatic rings. The van der Waals surface area contributed by atoms with Crippen molar-refractivity contribution in [2.75, 3.05) is 0 Å². The van der Waals surface area contributed by atoms with Crippen LogP contribution in [0.15, 0.2) is 24.3 Å². The van der Waals surface area contributed by atoms with E-state index in [0.29, 0.717) is 12.0 Å². The van der Waals surface area contributed by atoms with Gasteiger partial charge in [0.1, 0.15) is 0 Å². The number of nitrogens with two attached hydrogens (primary N) is 1. The van der Waals surface area contributed by atoms with Crippen molar-refractivity contribution >= 4 is 0 Å². The van der Waals surface area contributed by atoms with Gasteiger partial charge in [0.15, 0.2) is 0 Å². The number of hydrogen-bond donors (Lipinski definition) is 2. The second kappa shape index (κ2) is 5.64. The van der Waals surface area contributed by atoms with E-state index in [-0.39, 0.29) is 5.41 Å². The van der Waals surface area contributed by atoms with Crippen LogP contribution in [0.3, 0.4) is 0 Å². The van der Waals surface area contributed by atoms with E-state index >= 15 is 0 Å². The zero-order valence-electron chi connectivity index (χ0n) is 12.7. The molecule has 1 fully saturated rings. The average Bonchev–Trinajstić information content (AvgIpc) is 2.76. The Morgan fingerprint density at radius 1 is 1.16 bits per heavy atom. The summed E-state index contributed by atoms with van der Waals surface area (Å²) in [7, 11) is 0. The first-order valence-electron chi connectivity index (χ1n) is 7.50. The number of hydrazine groups is 1. The van der Waals surface area contributed by atoms with Crippen molar-refractivity contribution in [3.63, 3.8) is 0 Å². The van der Waals surface area contributed by atoms with E-state index in [4.69, 9.17) is 5.84 Å². The Kier molecular flexibility index (Phi) is 4.32. The van der Waals surface area contributed by atoms with Crippen LogP contribution < -0.4 is 11.3 Å². The third kappa shape index (κ3) is 3.18. The Labute approximate surface area is 117 Å². The largest absolute Gasteiger partial charge is 0.271 e. The molecule has 0 spiro atoms. The zero-order valence-corrected chi connectivity index (χ0v) is 12.7. The first-order chi connectivity index (χ1) is 8.93. The molecule has 0 radical (unpaired) electrons. The van der Waals surface area contributed by atoms with Gasteiger partial charge in [-0.05, 0) is 34.8 Å². The Balaban J connectivity index is 2.19. The quantitative estimate of drug-likeness (QED) is 0.638. The molecule has 2 heteroatoms. The topological polar surface area (TPSA) is 38.0 Å². The predicted octanol–water partition coefficient (Wildman–Crippen LogP) is 3.92. The SMILES string of the molecule is CC1CCCC1C(NN)c1ccc(C(C)(C)C)cc1. The minimum atomic E-state index is 0.213. The summed E-state index contributed by atoms with van der Waals surface area (Å²) in [6, 6.07) is 9.29. The van der Waals surface area contributed by atoms with Crippen LogP contribution in [0, 0.1) is 11.8 Å². The van der Waals surface area contributed by atoms with Crippen LogP contribution in [-0.2, 0) is 5.41 Å². The Hall–Kier alpha value is -0.860. The van der Waals surface area contributed by atoms with Gasteiger partial charge in [0.2, 0.25) is 0 Å². The highest BCUT2D eigenvalue weighted by molar-refractivity contribution is 5.29. The van der Waals surface area contributed by atoms with E-state index in [9.17, 15) is 0 Å². The molecule has 1 aromatic rings. The van der Waals surface area contributed by atoms with Crippen LogP contribution >= 0.6 is 0 Å². The molecule has 1 saturated carbocycles. The zero-order chi connectivity index (χ0) is 14.0. The normalized spacial score (nSPS) is 25.5. The maximum atomic E-state index is 5.82. The van der Waals surface area contributed by atoms with Crippen LogP contribution in [0.1, 0.15) is 64.1 Å². The van der Waals surface area contributed by atoms with Gasteiger partial charge in [-0.2, -0.15) is 0 Å². The molecule has 2 rings (SSSR count). The molecule has 1 aliphatic carbocycles. The highest BCUT2D eigenvalue weighted by Gasteiger charge is 2.31. The number of nitrogens with one attached hydrogen (secondary N) is 1. The smallest absolute Gasteiger partial charge is 0.0490 e. The molecule has 1 aromatic carbocycles. The molecule has 0 aromatic heterocycles. The second-order valence-electron chi connectivity index (χ2n) is 7.09. The van der Waals surface area contributed by atoms with E-state index < -0.39 is 0 Å². The fraction of sp³-hybridized carbons (Fsp3) is 0.647. The van der Waals surface area contributed by atoms with E-state index in [0.717, 1.165) is 5.92 Å². The Bertz CT molecular complexity index is 402. The highest BCUT2D eigenvalue weighted by Crippen LogP contribution is 2.40. The maximum absolute atomic E-state index is 5.82. The lowest BCUT2D eigenvalue weighted by Gasteiger charge is -2.27. The molecule has 3 unspecified atom stereocenters. The van der Waals surface area contributed by atoms with Crippen molar-refractivity contribution < 1.29 is 0 Å². The molecule has 0 heterocycles. The van der Waals surface area contributed by atoms with Crippen molar-refractivity contribution in [1.29, 1.82) is 0 Å². The van der Waals surface area contributed by atoms with Gasteiger partial charge in [-0.1, -0.05) is 64.8 Å². The Morgan fingerprint density at radius 2 is 1.79 bits per heavy atom. The summed E-state index contributed by atoms with van der Waals surface area (Å²) < 4.78 is 0. The first kappa shape index (κ1) is 14.5. The Morgan fingerprint density at radius 3 is 2.21 bits per heavy atom. The third-order valence-corrected chi connectivity index (χ3v) is 4.67. The van der Waals surface area contributed by atoms with Crippen molar-refractivity contribution in [2.24, 2.45) is 17.7 Å². The van der Waals surface area contributed by atoms with Crippen molar-refractivity contribution in [1.82, 2.24) is 5.43 Å². The molecule has 0 amide bonds. The number of rotatable bonds is 3. The molecule has 0 bridgehead atoms. The lowest BCUT2D eigenvalue weighted by atomic mass is 9.83. The summed E-state index contributed by atoms with van der Waals surface area (Å²) in [5, 5.41) is 0. The van der Waals surface area contributed by atoms with Gasteiger partial charge in [-0.3, -0.25) is 11.3 Å². The third-order valence-electron chi connectivity index (χ3n) is 4.67. The monoisotopic (exact) mass is 260 g/mol. The highest BCUT2D eigenvalue weighted by atomic mass is 15.2. The summed E-state index contributed by atoms with van der Waals surface area (Å²) in [5.74, 6) is 7.26. The molecule has 19 heavy (non-hydrogen) atoms. The summed E-state index contributed by atoms with van der Waals surface area (Å²) in [5.41, 5.74) is 5.97. The van der Waals surface area contributed by atoms with Crippen LogP contribution in [-0.4, -0.2) is 0 Å².